The second-order valence-electron chi connectivity index (χ2n) is 18.6. The number of carbonyl (C=O) groups is 5. The van der Waals surface area contributed by atoms with Crippen molar-refractivity contribution in [1.82, 2.24) is 55.2 Å². The van der Waals surface area contributed by atoms with Gasteiger partial charge >= 0.3 is 17.9 Å². The lowest BCUT2D eigenvalue weighted by Crippen LogP contribution is -2.47. The molecule has 22 heteroatoms. The second-order valence-corrected chi connectivity index (χ2v) is 18.8. The molecule has 0 spiro atoms. The minimum atomic E-state index is -1.21. The number of amides is 2. The molecule has 0 saturated carbocycles. The third-order valence-corrected chi connectivity index (χ3v) is 12.7. The third kappa shape index (κ3) is 17.3. The van der Waals surface area contributed by atoms with E-state index in [-0.39, 0.29) is 52.4 Å². The number of aromatic nitrogens is 6. The zero-order valence-corrected chi connectivity index (χ0v) is 45.3. The fourth-order valence-electron chi connectivity index (χ4n) is 8.69. The van der Waals surface area contributed by atoms with Crippen molar-refractivity contribution in [3.63, 3.8) is 0 Å². The maximum absolute atomic E-state index is 13.4. The van der Waals surface area contributed by atoms with Crippen molar-refractivity contribution in [1.29, 1.82) is 0 Å². The highest BCUT2D eigenvalue weighted by molar-refractivity contribution is 7.78. The topological polar surface area (TPSA) is 279 Å². The van der Waals surface area contributed by atoms with E-state index in [1.807, 2.05) is 115 Å². The Bertz CT molecular complexity index is 3580. The summed E-state index contributed by atoms with van der Waals surface area (Å²) in [5, 5.41) is 37.4. The lowest BCUT2D eigenvalue weighted by Gasteiger charge is -2.28. The Hall–Kier alpha value is -9.83. The van der Waals surface area contributed by atoms with Crippen LogP contribution in [0.4, 0.5) is 5.69 Å². The monoisotopic (exact) mass is 1120 g/mol. The molecule has 416 valence electrons. The molecule has 2 aromatic carbocycles. The number of benzene rings is 2. The number of carboxylic acids is 3. The SMILES string of the molecule is COc1ccc(-c2cc(-c3ccccn3)nc(-c3cccc(CNC(=O)CN(CCN(CCN(CC(=O)O)CC(=O)NCc4cccc(-c5cc(-c6ccc(N=C=S)cc6)cc(-c6ccccn6)n5)n4)CC(=O)O)CC(=O)O)n3)c2)cc1. The van der Waals surface area contributed by atoms with Gasteiger partial charge in [0.25, 0.3) is 0 Å². The Labute approximate surface area is 477 Å². The first-order valence-corrected chi connectivity index (χ1v) is 26.2. The van der Waals surface area contributed by atoms with Crippen molar-refractivity contribution in [2.75, 3.05) is 66.0 Å². The van der Waals surface area contributed by atoms with Gasteiger partial charge < -0.3 is 30.7 Å². The van der Waals surface area contributed by atoms with Crippen LogP contribution < -0.4 is 15.4 Å². The van der Waals surface area contributed by atoms with E-state index in [9.17, 15) is 39.3 Å². The quantitative estimate of drug-likeness (QED) is 0.0246. The van der Waals surface area contributed by atoms with Crippen LogP contribution in [0.25, 0.3) is 67.8 Å². The number of thiocarbonyl (C=S) groups is 1. The van der Waals surface area contributed by atoms with Crippen LogP contribution in [0.1, 0.15) is 11.4 Å². The molecule has 0 unspecified atom stereocenters. The molecule has 0 bridgehead atoms. The standard InChI is InChI=1S/C60H56N12O9S/c1-81-47-20-16-41(17-21-47)43-29-53(49-11-3-5-23-62-49)69-55(31-43)51-13-7-9-46(67-51)33-64-57(74)35-72(38-60(79)80)27-25-70(36-58(75)76)24-26-71(37-59(77)78)34-56(73)63-32-45-8-6-12-50(66-45)54-30-42(40-14-18-44(19-15-40)65-39-82)28-52(68-54)48-10-2-4-22-61-48/h2-23,28-31H,24-27,32-38H2,1H3,(H,63,73)(H,64,74)(H,75,76)(H,77,78)(H,79,80). The first-order chi connectivity index (χ1) is 39.8. The Morgan fingerprint density at radius 1 is 0.476 bits per heavy atom. The van der Waals surface area contributed by atoms with Crippen molar-refractivity contribution in [2.45, 2.75) is 13.1 Å². The predicted molar refractivity (Wildman–Crippen MR) is 309 cm³/mol. The lowest BCUT2D eigenvalue weighted by molar-refractivity contribution is -0.141. The summed E-state index contributed by atoms with van der Waals surface area (Å²) in [5.41, 5.74) is 9.94. The van der Waals surface area contributed by atoms with Gasteiger partial charge in [-0.25, -0.2) is 19.9 Å². The number of nitrogens with one attached hydrogen (secondary N) is 2. The summed E-state index contributed by atoms with van der Waals surface area (Å²) in [6.45, 7) is -2.34. The highest BCUT2D eigenvalue weighted by atomic mass is 32.1. The van der Waals surface area contributed by atoms with E-state index in [1.54, 1.807) is 49.8 Å². The third-order valence-electron chi connectivity index (χ3n) is 12.7. The number of ether oxygens (including phenoxy) is 1. The molecular formula is C60H56N12O9S. The van der Waals surface area contributed by atoms with Gasteiger partial charge in [0.05, 0.1) is 121 Å². The summed E-state index contributed by atoms with van der Waals surface area (Å²) < 4.78 is 5.35. The largest absolute Gasteiger partial charge is 0.497 e. The summed E-state index contributed by atoms with van der Waals surface area (Å²) in [4.78, 5) is 99.5. The molecule has 0 atom stereocenters. The minimum Gasteiger partial charge on any atom is -0.497 e. The van der Waals surface area contributed by atoms with Gasteiger partial charge in [0.2, 0.25) is 11.8 Å². The number of methoxy groups -OCH3 is 1. The maximum Gasteiger partial charge on any atom is 0.317 e. The molecule has 0 aliphatic rings. The van der Waals surface area contributed by atoms with Crippen molar-refractivity contribution in [3.05, 3.63) is 169 Å². The van der Waals surface area contributed by atoms with Crippen molar-refractivity contribution in [3.8, 4) is 73.6 Å². The first kappa shape index (κ1) is 58.3. The van der Waals surface area contributed by atoms with Crippen LogP contribution in [-0.4, -0.2) is 161 Å². The number of isothiocyanates is 1. The van der Waals surface area contributed by atoms with Crippen LogP contribution in [-0.2, 0) is 37.1 Å². The van der Waals surface area contributed by atoms with Crippen molar-refractivity contribution >= 4 is 52.8 Å². The van der Waals surface area contributed by atoms with E-state index in [0.717, 1.165) is 22.3 Å². The molecule has 8 aromatic rings. The predicted octanol–water partition coefficient (Wildman–Crippen LogP) is 6.89. The molecule has 0 aliphatic heterocycles. The molecule has 0 fully saturated rings. The van der Waals surface area contributed by atoms with Gasteiger partial charge in [-0.3, -0.25) is 48.6 Å². The highest BCUT2D eigenvalue weighted by Gasteiger charge is 2.21. The zero-order chi connectivity index (χ0) is 57.8. The molecule has 0 radical (unpaired) electrons. The van der Waals surface area contributed by atoms with Crippen molar-refractivity contribution in [2.24, 2.45) is 4.99 Å². The van der Waals surface area contributed by atoms with Gasteiger partial charge in [-0.05, 0) is 132 Å². The molecule has 6 aromatic heterocycles. The smallest absolute Gasteiger partial charge is 0.317 e. The minimum absolute atomic E-state index is 0.00315. The number of carboxylic acid groups (broad SMARTS) is 3. The molecule has 5 N–H and O–H groups in total. The number of pyridine rings is 6. The van der Waals surface area contributed by atoms with Gasteiger partial charge in [-0.1, -0.05) is 48.5 Å². The highest BCUT2D eigenvalue weighted by Crippen LogP contribution is 2.32. The van der Waals surface area contributed by atoms with Gasteiger partial charge in [0.15, 0.2) is 0 Å². The van der Waals surface area contributed by atoms with Crippen LogP contribution in [0.3, 0.4) is 0 Å². The van der Waals surface area contributed by atoms with E-state index < -0.39 is 49.4 Å². The number of hydrogen-bond donors (Lipinski definition) is 5. The Morgan fingerprint density at radius 3 is 1.28 bits per heavy atom. The molecule has 82 heavy (non-hydrogen) atoms. The molecular weight excluding hydrogens is 1060 g/mol. The van der Waals surface area contributed by atoms with Gasteiger partial charge in [-0.2, -0.15) is 4.99 Å². The maximum atomic E-state index is 13.4. The molecule has 0 saturated heterocycles. The number of rotatable bonds is 28. The Balaban J connectivity index is 0.872. The molecule has 6 heterocycles. The van der Waals surface area contributed by atoms with E-state index in [1.165, 1.54) is 14.7 Å². The van der Waals surface area contributed by atoms with E-state index >= 15 is 0 Å². The summed E-state index contributed by atoms with van der Waals surface area (Å²) in [7, 11) is 1.60. The summed E-state index contributed by atoms with van der Waals surface area (Å²) >= 11 is 4.75. The Kier molecular flexibility index (Phi) is 20.5. The number of carbonyl (C=O) groups excluding carboxylic acids is 2. The second kappa shape index (κ2) is 28.9. The van der Waals surface area contributed by atoms with E-state index in [0.29, 0.717) is 68.4 Å². The van der Waals surface area contributed by atoms with Gasteiger partial charge in [0.1, 0.15) is 5.75 Å². The first-order valence-electron chi connectivity index (χ1n) is 25.8. The van der Waals surface area contributed by atoms with Gasteiger partial charge in [0, 0.05) is 38.6 Å². The summed E-state index contributed by atoms with van der Waals surface area (Å²) in [6.07, 6.45) is 3.37. The van der Waals surface area contributed by atoms with Gasteiger partial charge in [-0.15, -0.1) is 0 Å². The Morgan fingerprint density at radius 2 is 0.878 bits per heavy atom. The number of aliphatic imine (C=N–C) groups is 1. The normalized spacial score (nSPS) is 11.0. The molecule has 21 nitrogen and oxygen atoms in total. The van der Waals surface area contributed by atoms with Crippen LogP contribution in [0.2, 0.25) is 0 Å². The van der Waals surface area contributed by atoms with Crippen LogP contribution in [0, 0.1) is 0 Å². The van der Waals surface area contributed by atoms with Crippen LogP contribution in [0.5, 0.6) is 5.75 Å². The number of hydrogen-bond acceptors (Lipinski definition) is 17. The summed E-state index contributed by atoms with van der Waals surface area (Å²) in [5.74, 6) is -3.91. The number of nitrogens with zero attached hydrogens (tertiary/aromatic N) is 10. The summed E-state index contributed by atoms with van der Waals surface area (Å²) in [6, 6.07) is 44.6. The van der Waals surface area contributed by atoms with Crippen LogP contribution >= 0.6 is 12.2 Å². The fourth-order valence-corrected chi connectivity index (χ4v) is 8.79. The van der Waals surface area contributed by atoms with Crippen LogP contribution in [0.15, 0.2) is 163 Å². The molecule has 0 aliphatic carbocycles. The average Bonchev–Trinajstić information content (AvgIpc) is 3.52. The average molecular weight is 1120 g/mol. The fraction of sp³-hybridized carbons (Fsp3) is 0.200. The molecule has 2 amide bonds. The van der Waals surface area contributed by atoms with Crippen molar-refractivity contribution < 1.29 is 44.0 Å². The van der Waals surface area contributed by atoms with E-state index in [2.05, 4.69) is 30.8 Å². The number of aliphatic carboxylic acids is 3. The van der Waals surface area contributed by atoms with E-state index in [4.69, 9.17) is 36.9 Å². The molecule has 8 rings (SSSR count). The lowest BCUT2D eigenvalue weighted by atomic mass is 10.0. The zero-order valence-electron chi connectivity index (χ0n) is 44.5.